The van der Waals surface area contributed by atoms with E-state index in [1.54, 1.807) is 12.5 Å². The predicted octanol–water partition coefficient (Wildman–Crippen LogP) is 0.609. The smallest absolute Gasteiger partial charge is 0.177 e. The fraction of sp³-hybridized carbons (Fsp3) is 0.455. The Kier molecular flexibility index (Phi) is 3.48. The number of imidazole rings is 1. The SMILES string of the molecule is CN(C)CCNCc1ccnc2nc[nH]c12. The van der Waals surface area contributed by atoms with Crippen LogP contribution >= 0.6 is 0 Å². The minimum Gasteiger partial charge on any atom is -0.343 e. The van der Waals surface area contributed by atoms with Gasteiger partial charge < -0.3 is 15.2 Å². The van der Waals surface area contributed by atoms with Gasteiger partial charge in [0, 0.05) is 25.8 Å². The van der Waals surface area contributed by atoms with Gasteiger partial charge in [-0.25, -0.2) is 9.97 Å². The summed E-state index contributed by atoms with van der Waals surface area (Å²) in [6.45, 7) is 2.86. The molecule has 2 N–H and O–H groups in total. The van der Waals surface area contributed by atoms with Gasteiger partial charge in [0.25, 0.3) is 0 Å². The number of pyridine rings is 1. The maximum atomic E-state index is 4.18. The lowest BCUT2D eigenvalue weighted by molar-refractivity contribution is 0.400. The number of likely N-dealkylation sites (N-methyl/N-ethyl adjacent to an activating group) is 1. The first-order chi connectivity index (χ1) is 7.77. The molecule has 2 aromatic heterocycles. The number of nitrogens with one attached hydrogen (secondary N) is 2. The molecule has 0 unspecified atom stereocenters. The lowest BCUT2D eigenvalue weighted by Crippen LogP contribution is -2.26. The van der Waals surface area contributed by atoms with Crippen molar-refractivity contribution in [3.05, 3.63) is 24.2 Å². The standard InChI is InChI=1S/C11H17N5/c1-16(2)6-5-12-7-9-3-4-13-11-10(9)14-8-15-11/h3-4,8,12H,5-7H2,1-2H3,(H,13,14,15). The highest BCUT2D eigenvalue weighted by molar-refractivity contribution is 5.73. The molecule has 0 spiro atoms. The van der Waals surface area contributed by atoms with Gasteiger partial charge in [-0.3, -0.25) is 0 Å². The van der Waals surface area contributed by atoms with Gasteiger partial charge in [-0.2, -0.15) is 0 Å². The summed E-state index contributed by atoms with van der Waals surface area (Å²) in [4.78, 5) is 13.6. The minimum absolute atomic E-state index is 0.784. The van der Waals surface area contributed by atoms with Gasteiger partial charge in [-0.05, 0) is 25.7 Å². The van der Waals surface area contributed by atoms with Crippen molar-refractivity contribution < 1.29 is 0 Å². The minimum atomic E-state index is 0.784. The largest absolute Gasteiger partial charge is 0.343 e. The van der Waals surface area contributed by atoms with Crippen LogP contribution in [0, 0.1) is 0 Å². The second kappa shape index (κ2) is 5.05. The number of fused-ring (bicyclic) bond motifs is 1. The third-order valence-electron chi connectivity index (χ3n) is 2.46. The Bertz CT molecular complexity index is 448. The maximum Gasteiger partial charge on any atom is 0.177 e. The highest BCUT2D eigenvalue weighted by Gasteiger charge is 2.02. The molecule has 0 aliphatic carbocycles. The summed E-state index contributed by atoms with van der Waals surface area (Å²) in [5.41, 5.74) is 3.02. The summed E-state index contributed by atoms with van der Waals surface area (Å²) in [6, 6.07) is 2.02. The summed E-state index contributed by atoms with van der Waals surface area (Å²) in [5.74, 6) is 0. The zero-order valence-corrected chi connectivity index (χ0v) is 9.70. The van der Waals surface area contributed by atoms with Gasteiger partial charge in [-0.15, -0.1) is 0 Å². The van der Waals surface area contributed by atoms with Gasteiger partial charge >= 0.3 is 0 Å². The Labute approximate surface area is 94.9 Å². The summed E-state index contributed by atoms with van der Waals surface area (Å²) in [5, 5.41) is 3.40. The van der Waals surface area contributed by atoms with E-state index < -0.39 is 0 Å². The van der Waals surface area contributed by atoms with Crippen LogP contribution in [0.2, 0.25) is 0 Å². The quantitative estimate of drug-likeness (QED) is 0.723. The Hall–Kier alpha value is -1.46. The third-order valence-corrected chi connectivity index (χ3v) is 2.46. The molecule has 0 aromatic carbocycles. The van der Waals surface area contributed by atoms with Crippen molar-refractivity contribution in [2.45, 2.75) is 6.54 Å². The zero-order valence-electron chi connectivity index (χ0n) is 9.70. The Balaban J connectivity index is 1.96. The second-order valence-corrected chi connectivity index (χ2v) is 4.05. The van der Waals surface area contributed by atoms with Crippen molar-refractivity contribution in [1.82, 2.24) is 25.2 Å². The van der Waals surface area contributed by atoms with Crippen LogP contribution in [0.15, 0.2) is 18.6 Å². The van der Waals surface area contributed by atoms with Gasteiger partial charge in [0.2, 0.25) is 0 Å². The topological polar surface area (TPSA) is 56.8 Å². The molecule has 0 radical (unpaired) electrons. The van der Waals surface area contributed by atoms with Gasteiger partial charge in [0.1, 0.15) is 0 Å². The van der Waals surface area contributed by atoms with Crippen LogP contribution in [0.5, 0.6) is 0 Å². The molecule has 5 nitrogen and oxygen atoms in total. The molecule has 0 bridgehead atoms. The zero-order chi connectivity index (χ0) is 11.4. The van der Waals surface area contributed by atoms with Gasteiger partial charge in [-0.1, -0.05) is 0 Å². The summed E-state index contributed by atoms with van der Waals surface area (Å²) < 4.78 is 0. The molecule has 2 aromatic rings. The van der Waals surface area contributed by atoms with Crippen LogP contribution in [0.25, 0.3) is 11.2 Å². The van der Waals surface area contributed by atoms with E-state index in [0.29, 0.717) is 0 Å². The average molecular weight is 219 g/mol. The summed E-state index contributed by atoms with van der Waals surface area (Å²) >= 11 is 0. The fourth-order valence-electron chi connectivity index (χ4n) is 1.58. The Morgan fingerprint density at radius 1 is 1.38 bits per heavy atom. The number of hydrogen-bond donors (Lipinski definition) is 2. The highest BCUT2D eigenvalue weighted by Crippen LogP contribution is 2.11. The molecule has 0 saturated heterocycles. The van der Waals surface area contributed by atoms with E-state index in [4.69, 9.17) is 0 Å². The first-order valence-corrected chi connectivity index (χ1v) is 5.40. The van der Waals surface area contributed by atoms with E-state index in [0.717, 1.165) is 30.8 Å². The maximum absolute atomic E-state index is 4.18. The van der Waals surface area contributed by atoms with Crippen molar-refractivity contribution in [3.8, 4) is 0 Å². The fourth-order valence-corrected chi connectivity index (χ4v) is 1.58. The summed E-state index contributed by atoms with van der Waals surface area (Å²) in [7, 11) is 4.14. The number of hydrogen-bond acceptors (Lipinski definition) is 4. The van der Waals surface area contributed by atoms with E-state index in [2.05, 4.69) is 39.3 Å². The molecule has 2 rings (SSSR count). The van der Waals surface area contributed by atoms with Crippen molar-refractivity contribution >= 4 is 11.2 Å². The molecule has 0 atom stereocenters. The van der Waals surface area contributed by atoms with Crippen LogP contribution in [0.1, 0.15) is 5.56 Å². The van der Waals surface area contributed by atoms with Crippen LogP contribution in [-0.4, -0.2) is 47.0 Å². The van der Waals surface area contributed by atoms with E-state index in [1.165, 1.54) is 5.56 Å². The normalized spacial score (nSPS) is 11.4. The average Bonchev–Trinajstić information content (AvgIpc) is 2.72. The van der Waals surface area contributed by atoms with Crippen molar-refractivity contribution in [2.75, 3.05) is 27.2 Å². The van der Waals surface area contributed by atoms with Crippen LogP contribution < -0.4 is 5.32 Å². The van der Waals surface area contributed by atoms with Crippen molar-refractivity contribution in [2.24, 2.45) is 0 Å². The van der Waals surface area contributed by atoms with E-state index >= 15 is 0 Å². The monoisotopic (exact) mass is 219 g/mol. The van der Waals surface area contributed by atoms with Crippen molar-refractivity contribution in [3.63, 3.8) is 0 Å². The molecule has 86 valence electrons. The molecule has 5 heteroatoms. The molecular formula is C11H17N5. The molecule has 0 saturated carbocycles. The lowest BCUT2D eigenvalue weighted by Gasteiger charge is -2.10. The Morgan fingerprint density at radius 3 is 3.06 bits per heavy atom. The molecule has 0 amide bonds. The predicted molar refractivity (Wildman–Crippen MR) is 64.1 cm³/mol. The number of rotatable bonds is 5. The first kappa shape index (κ1) is 11.0. The van der Waals surface area contributed by atoms with E-state index in [1.807, 2.05) is 6.07 Å². The third kappa shape index (κ3) is 2.56. The van der Waals surface area contributed by atoms with Gasteiger partial charge in [0.05, 0.1) is 11.8 Å². The van der Waals surface area contributed by atoms with E-state index in [9.17, 15) is 0 Å². The van der Waals surface area contributed by atoms with Gasteiger partial charge in [0.15, 0.2) is 5.65 Å². The number of nitrogens with zero attached hydrogens (tertiary/aromatic N) is 3. The lowest BCUT2D eigenvalue weighted by atomic mass is 10.2. The van der Waals surface area contributed by atoms with Crippen LogP contribution in [0.4, 0.5) is 0 Å². The molecule has 0 fully saturated rings. The number of aromatic nitrogens is 3. The van der Waals surface area contributed by atoms with Crippen molar-refractivity contribution in [1.29, 1.82) is 0 Å². The molecule has 0 aliphatic heterocycles. The molecule has 16 heavy (non-hydrogen) atoms. The summed E-state index contributed by atoms with van der Waals surface area (Å²) in [6.07, 6.45) is 3.48. The first-order valence-electron chi connectivity index (χ1n) is 5.40. The number of aromatic amines is 1. The molecule has 2 heterocycles. The van der Waals surface area contributed by atoms with Crippen LogP contribution in [0.3, 0.4) is 0 Å². The molecule has 0 aliphatic rings. The van der Waals surface area contributed by atoms with E-state index in [-0.39, 0.29) is 0 Å². The van der Waals surface area contributed by atoms with Crippen LogP contribution in [-0.2, 0) is 6.54 Å². The Morgan fingerprint density at radius 2 is 2.25 bits per heavy atom. The highest BCUT2D eigenvalue weighted by atomic mass is 15.1. The molecular weight excluding hydrogens is 202 g/mol. The second-order valence-electron chi connectivity index (χ2n) is 4.05. The number of H-pyrrole nitrogens is 1.